The molecule has 0 saturated carbocycles. The first-order valence-corrected chi connectivity index (χ1v) is 2.32. The van der Waals surface area contributed by atoms with Gasteiger partial charge in [-0.2, -0.15) is 35.9 Å². The van der Waals surface area contributed by atoms with Crippen LogP contribution < -0.4 is 0 Å². The first-order chi connectivity index (χ1) is 3.39. The van der Waals surface area contributed by atoms with E-state index in [1.54, 1.807) is 0 Å². The fraction of sp³-hybridized carbons (Fsp3) is 0.125. The van der Waals surface area contributed by atoms with Crippen LogP contribution in [0.4, 0.5) is 0 Å². The van der Waals surface area contributed by atoms with Crippen LogP contribution in [0.3, 0.4) is 0 Å². The van der Waals surface area contributed by atoms with Gasteiger partial charge in [0.1, 0.15) is 0 Å². The maximum absolute atomic E-state index is 2.93. The van der Waals surface area contributed by atoms with Crippen LogP contribution in [-0.4, -0.2) is 0 Å². The van der Waals surface area contributed by atoms with E-state index in [4.69, 9.17) is 0 Å². The second-order valence-electron chi connectivity index (χ2n) is 1.58. The minimum atomic E-state index is 0. The zero-order valence-electron chi connectivity index (χ0n) is 5.89. The predicted octanol–water partition coefficient (Wildman–Crippen LogP) is 2.24. The number of rotatable bonds is 0. The number of hydrogen-bond donors (Lipinski definition) is 0. The first kappa shape index (κ1) is 12.0. The maximum atomic E-state index is 2.93. The fourth-order valence-electron chi connectivity index (χ4n) is 0.470. The Morgan fingerprint density at radius 1 is 1.22 bits per heavy atom. The summed E-state index contributed by atoms with van der Waals surface area (Å²) in [7, 11) is 0. The average molecular weight is 195 g/mol. The van der Waals surface area contributed by atoms with E-state index < -0.39 is 0 Å². The zero-order chi connectivity index (χ0) is 5.11. The van der Waals surface area contributed by atoms with Crippen molar-refractivity contribution in [1.29, 1.82) is 0 Å². The van der Waals surface area contributed by atoms with Crippen LogP contribution in [0, 0.1) is 20.4 Å². The van der Waals surface area contributed by atoms with Gasteiger partial charge in [0.2, 0.25) is 0 Å². The van der Waals surface area contributed by atoms with Crippen LogP contribution in [0.1, 0.15) is 5.56 Å². The van der Waals surface area contributed by atoms with Gasteiger partial charge in [0.15, 0.2) is 0 Å². The fourth-order valence-corrected chi connectivity index (χ4v) is 0.470. The monoisotopic (exact) mass is 195 g/mol. The molecule has 1 heteroatoms. The molecule has 0 fully saturated rings. The molecule has 1 rings (SSSR count). The molecule has 1 aromatic rings. The van der Waals surface area contributed by atoms with E-state index in [0.717, 1.165) is 0 Å². The van der Waals surface area contributed by atoms with E-state index in [1.807, 2.05) is 24.3 Å². The summed E-state index contributed by atoms with van der Waals surface area (Å²) in [5.74, 6) is 0. The predicted molar refractivity (Wildman–Crippen MR) is 36.4 cm³/mol. The molecule has 1 aromatic carbocycles. The van der Waals surface area contributed by atoms with Gasteiger partial charge in [0, 0.05) is 0 Å². The van der Waals surface area contributed by atoms with Crippen LogP contribution >= 0.6 is 0 Å². The van der Waals surface area contributed by atoms with Crippen LogP contribution in [0.15, 0.2) is 24.3 Å². The van der Waals surface area contributed by atoms with Crippen LogP contribution in [0.2, 0.25) is 0 Å². The summed E-state index contributed by atoms with van der Waals surface area (Å²) in [5, 5.41) is 0. The van der Waals surface area contributed by atoms with Crippen molar-refractivity contribution in [3.63, 3.8) is 0 Å². The third-order valence-electron chi connectivity index (χ3n) is 0.885. The molecule has 0 nitrogen and oxygen atoms in total. The molecular weight excluding hydrogens is 185 g/mol. The first-order valence-electron chi connectivity index (χ1n) is 2.32. The van der Waals surface area contributed by atoms with E-state index >= 15 is 0 Å². The molecule has 0 amide bonds. The molecule has 0 radical (unpaired) electrons. The Labute approximate surface area is 82.6 Å². The molecule has 0 atom stereocenters. The maximum Gasteiger partial charge on any atom is 3.00 e. The summed E-state index contributed by atoms with van der Waals surface area (Å²) in [6.07, 6.45) is 0. The summed E-state index contributed by atoms with van der Waals surface area (Å²) in [6, 6.07) is 10.8. The summed E-state index contributed by atoms with van der Waals surface area (Å²) >= 11 is 0. The van der Waals surface area contributed by atoms with E-state index in [0.29, 0.717) is 0 Å². The Balaban J connectivity index is 0. The molecular formula is C8H10Y+. The van der Waals surface area contributed by atoms with E-state index in [2.05, 4.69) is 13.0 Å². The molecule has 9 heavy (non-hydrogen) atoms. The molecule has 0 aliphatic heterocycles. The third-order valence-corrected chi connectivity index (χ3v) is 0.885. The molecule has 44 valence electrons. The molecule has 0 spiro atoms. The van der Waals surface area contributed by atoms with Crippen molar-refractivity contribution >= 4 is 0 Å². The minimum absolute atomic E-state index is 0. The van der Waals surface area contributed by atoms with Crippen molar-refractivity contribution < 1.29 is 32.7 Å². The third kappa shape index (κ3) is 4.80. The van der Waals surface area contributed by atoms with E-state index in [-0.39, 0.29) is 40.1 Å². The van der Waals surface area contributed by atoms with Gasteiger partial charge in [-0.25, -0.2) is 0 Å². The van der Waals surface area contributed by atoms with Gasteiger partial charge in [-0.3, -0.25) is 0 Å². The summed E-state index contributed by atoms with van der Waals surface area (Å²) in [4.78, 5) is 0. The molecule has 0 aliphatic rings. The quantitative estimate of drug-likeness (QED) is 0.557. The second-order valence-corrected chi connectivity index (χ2v) is 1.58. The van der Waals surface area contributed by atoms with E-state index in [9.17, 15) is 0 Å². The van der Waals surface area contributed by atoms with Crippen LogP contribution in [0.5, 0.6) is 0 Å². The van der Waals surface area contributed by atoms with Gasteiger partial charge in [-0.05, 0) is 0 Å². The standard InChI is InChI=1S/C7H7.CH3.Y/c1-7-5-3-2-4-6-7;;/h3-6H,1H3;1H3;/q2*-1;+3. The van der Waals surface area contributed by atoms with Crippen molar-refractivity contribution in [1.82, 2.24) is 0 Å². The van der Waals surface area contributed by atoms with Gasteiger partial charge in [-0.1, -0.05) is 6.92 Å². The Morgan fingerprint density at radius 2 is 1.67 bits per heavy atom. The normalized spacial score (nSPS) is 6.78. The van der Waals surface area contributed by atoms with Gasteiger partial charge < -0.3 is 7.43 Å². The summed E-state index contributed by atoms with van der Waals surface area (Å²) < 4.78 is 0. The molecule has 0 heterocycles. The molecule has 0 aliphatic carbocycles. The average Bonchev–Trinajstić information content (AvgIpc) is 1.69. The molecule has 0 unspecified atom stereocenters. The Kier molecular flexibility index (Phi) is 8.62. The summed E-state index contributed by atoms with van der Waals surface area (Å²) in [6.45, 7) is 2.06. The number of benzene rings is 1. The summed E-state index contributed by atoms with van der Waals surface area (Å²) in [5.41, 5.74) is 1.29. The number of aryl methyl sites for hydroxylation is 1. The molecule has 0 saturated heterocycles. The largest absolute Gasteiger partial charge is 3.00 e. The van der Waals surface area contributed by atoms with Crippen molar-refractivity contribution in [2.45, 2.75) is 6.92 Å². The molecule has 0 N–H and O–H groups in total. The van der Waals surface area contributed by atoms with Crippen molar-refractivity contribution in [2.24, 2.45) is 0 Å². The van der Waals surface area contributed by atoms with Crippen LogP contribution in [-0.2, 0) is 32.7 Å². The zero-order valence-corrected chi connectivity index (χ0v) is 8.73. The molecule has 0 aromatic heterocycles. The Bertz CT molecular complexity index is 134. The SMILES string of the molecule is Cc1cc[c-]cc1.[CH3-].[Y+3]. The smallest absolute Gasteiger partial charge is 0.358 e. The van der Waals surface area contributed by atoms with Gasteiger partial charge in [-0.15, -0.1) is 0 Å². The van der Waals surface area contributed by atoms with Gasteiger partial charge >= 0.3 is 32.7 Å². The number of hydrogen-bond acceptors (Lipinski definition) is 0. The second kappa shape index (κ2) is 6.44. The Hall–Kier alpha value is 0.324. The van der Waals surface area contributed by atoms with Gasteiger partial charge in [0.25, 0.3) is 0 Å². The topological polar surface area (TPSA) is 0 Å². The Morgan fingerprint density at radius 3 is 1.89 bits per heavy atom. The van der Waals surface area contributed by atoms with Crippen molar-refractivity contribution in [3.8, 4) is 0 Å². The van der Waals surface area contributed by atoms with Crippen molar-refractivity contribution in [3.05, 3.63) is 43.3 Å². The van der Waals surface area contributed by atoms with Crippen molar-refractivity contribution in [2.75, 3.05) is 0 Å². The van der Waals surface area contributed by atoms with Gasteiger partial charge in [0.05, 0.1) is 0 Å². The molecule has 0 bridgehead atoms. The van der Waals surface area contributed by atoms with E-state index in [1.165, 1.54) is 5.56 Å². The van der Waals surface area contributed by atoms with Crippen LogP contribution in [0.25, 0.3) is 0 Å². The minimum Gasteiger partial charge on any atom is -0.358 e.